The molecule has 0 spiro atoms. The SMILES string of the molecule is C[C@]12CCC(=O)C=C1CC[C@@H]1[C@@H]2C(=O)C[C@@]2(C)[C@H]1CC[C@]2(OC(=O)Cc1ccc(Br)cc1)C(=O)CO. The number of aliphatic hydroxyl groups is 1. The number of halogens is 1. The summed E-state index contributed by atoms with van der Waals surface area (Å²) in [6.07, 6.45) is 5.57. The molecule has 0 amide bonds. The number of fused-ring (bicyclic) bond motifs is 5. The molecule has 0 heterocycles. The highest BCUT2D eigenvalue weighted by Crippen LogP contribution is 2.67. The van der Waals surface area contributed by atoms with E-state index in [1.807, 2.05) is 31.2 Å². The molecule has 5 rings (SSSR count). The molecule has 6 nitrogen and oxygen atoms in total. The molecule has 6 atom stereocenters. The number of ketones is 3. The average Bonchev–Trinajstić information content (AvgIpc) is 3.12. The Hall–Kier alpha value is -2.12. The van der Waals surface area contributed by atoms with Gasteiger partial charge in [-0.3, -0.25) is 19.2 Å². The smallest absolute Gasteiger partial charge is 0.311 e. The van der Waals surface area contributed by atoms with Gasteiger partial charge < -0.3 is 9.84 Å². The molecule has 1 aromatic carbocycles. The fraction of sp³-hybridized carbons (Fsp3) is 0.586. The van der Waals surface area contributed by atoms with E-state index in [1.54, 1.807) is 6.08 Å². The number of aliphatic hydroxyl groups excluding tert-OH is 1. The minimum atomic E-state index is -1.51. The van der Waals surface area contributed by atoms with E-state index in [4.69, 9.17) is 4.74 Å². The quantitative estimate of drug-likeness (QED) is 0.534. The van der Waals surface area contributed by atoms with Gasteiger partial charge in [-0.15, -0.1) is 0 Å². The molecular formula is C29H33BrO6. The molecule has 0 aromatic heterocycles. The van der Waals surface area contributed by atoms with Gasteiger partial charge in [0, 0.05) is 28.6 Å². The molecule has 1 N–H and O–H groups in total. The molecule has 192 valence electrons. The maximum atomic E-state index is 13.9. The first-order valence-electron chi connectivity index (χ1n) is 12.9. The Morgan fingerprint density at radius 3 is 2.50 bits per heavy atom. The number of Topliss-reactive ketones (excluding diaryl/α,β-unsaturated/α-hetero) is 2. The second-order valence-electron chi connectivity index (χ2n) is 11.6. The Balaban J connectivity index is 1.47. The number of rotatable bonds is 5. The molecule has 0 unspecified atom stereocenters. The van der Waals surface area contributed by atoms with Crippen LogP contribution in [-0.2, 0) is 30.3 Å². The van der Waals surface area contributed by atoms with Crippen LogP contribution in [0.3, 0.4) is 0 Å². The minimum absolute atomic E-state index is 0.00867. The Labute approximate surface area is 220 Å². The number of carbonyl (C=O) groups is 4. The first-order valence-corrected chi connectivity index (χ1v) is 13.7. The lowest BCUT2D eigenvalue weighted by atomic mass is 9.46. The fourth-order valence-corrected chi connectivity index (χ4v) is 8.45. The van der Waals surface area contributed by atoms with Crippen molar-refractivity contribution in [1.29, 1.82) is 0 Å². The van der Waals surface area contributed by atoms with E-state index in [1.165, 1.54) is 0 Å². The van der Waals surface area contributed by atoms with Crippen LogP contribution in [0, 0.1) is 28.6 Å². The van der Waals surface area contributed by atoms with Crippen LogP contribution in [-0.4, -0.2) is 40.6 Å². The van der Waals surface area contributed by atoms with Gasteiger partial charge in [-0.1, -0.05) is 47.5 Å². The zero-order valence-corrected chi connectivity index (χ0v) is 22.4. The van der Waals surface area contributed by atoms with Crippen molar-refractivity contribution in [2.24, 2.45) is 28.6 Å². The van der Waals surface area contributed by atoms with Crippen LogP contribution in [0.25, 0.3) is 0 Å². The maximum Gasteiger partial charge on any atom is 0.311 e. The summed E-state index contributed by atoms with van der Waals surface area (Å²) in [6, 6.07) is 7.33. The molecule has 3 fully saturated rings. The molecule has 4 aliphatic rings. The second-order valence-corrected chi connectivity index (χ2v) is 12.5. The molecular weight excluding hydrogens is 524 g/mol. The highest BCUT2D eigenvalue weighted by molar-refractivity contribution is 9.10. The van der Waals surface area contributed by atoms with Crippen LogP contribution in [0.5, 0.6) is 0 Å². The summed E-state index contributed by atoms with van der Waals surface area (Å²) in [5.74, 6) is -0.933. The third-order valence-electron chi connectivity index (χ3n) is 9.92. The Kier molecular flexibility index (Phi) is 6.39. The number of hydrogen-bond donors (Lipinski definition) is 1. The number of ether oxygens (including phenoxy) is 1. The van der Waals surface area contributed by atoms with E-state index < -0.39 is 29.4 Å². The van der Waals surface area contributed by atoms with Crippen molar-refractivity contribution >= 4 is 39.2 Å². The molecule has 1 aromatic rings. The van der Waals surface area contributed by atoms with Crippen LogP contribution < -0.4 is 0 Å². The lowest BCUT2D eigenvalue weighted by Gasteiger charge is -2.58. The third kappa shape index (κ3) is 3.76. The van der Waals surface area contributed by atoms with Gasteiger partial charge in [0.1, 0.15) is 12.4 Å². The van der Waals surface area contributed by atoms with Crippen LogP contribution in [0.15, 0.2) is 40.4 Å². The van der Waals surface area contributed by atoms with Crippen LogP contribution >= 0.6 is 15.9 Å². The van der Waals surface area contributed by atoms with Gasteiger partial charge in [-0.05, 0) is 73.1 Å². The zero-order chi connectivity index (χ0) is 25.9. The summed E-state index contributed by atoms with van der Waals surface area (Å²) in [7, 11) is 0. The summed E-state index contributed by atoms with van der Waals surface area (Å²) in [4.78, 5) is 52.5. The molecule has 7 heteroatoms. The van der Waals surface area contributed by atoms with E-state index >= 15 is 0 Å². The number of carbonyl (C=O) groups excluding carboxylic acids is 4. The second kappa shape index (κ2) is 9.02. The maximum absolute atomic E-state index is 13.9. The van der Waals surface area contributed by atoms with Crippen LogP contribution in [0.2, 0.25) is 0 Å². The summed E-state index contributed by atoms with van der Waals surface area (Å²) >= 11 is 3.39. The first kappa shape index (κ1) is 25.5. The minimum Gasteiger partial charge on any atom is -0.450 e. The number of benzene rings is 1. The van der Waals surface area contributed by atoms with Gasteiger partial charge >= 0.3 is 5.97 Å². The molecule has 0 radical (unpaired) electrons. The molecule has 0 saturated heterocycles. The van der Waals surface area contributed by atoms with Crippen molar-refractivity contribution in [1.82, 2.24) is 0 Å². The summed E-state index contributed by atoms with van der Waals surface area (Å²) in [6.45, 7) is 3.31. The van der Waals surface area contributed by atoms with E-state index in [0.717, 1.165) is 28.5 Å². The van der Waals surface area contributed by atoms with Gasteiger partial charge in [0.15, 0.2) is 11.4 Å². The fourth-order valence-electron chi connectivity index (χ4n) is 8.18. The van der Waals surface area contributed by atoms with Gasteiger partial charge in [0.25, 0.3) is 0 Å². The van der Waals surface area contributed by atoms with Crippen molar-refractivity contribution in [3.63, 3.8) is 0 Å². The molecule has 0 aliphatic heterocycles. The Bertz CT molecular complexity index is 1150. The van der Waals surface area contributed by atoms with Crippen molar-refractivity contribution in [2.45, 2.75) is 70.8 Å². The predicted octanol–water partition coefficient (Wildman–Crippen LogP) is 4.55. The van der Waals surface area contributed by atoms with Crippen molar-refractivity contribution in [3.8, 4) is 0 Å². The van der Waals surface area contributed by atoms with E-state index in [0.29, 0.717) is 25.7 Å². The van der Waals surface area contributed by atoms with Crippen LogP contribution in [0.4, 0.5) is 0 Å². The van der Waals surface area contributed by atoms with E-state index in [-0.39, 0.29) is 47.6 Å². The van der Waals surface area contributed by atoms with E-state index in [2.05, 4.69) is 22.9 Å². The lowest BCUT2D eigenvalue weighted by molar-refractivity contribution is -0.191. The molecule has 4 aliphatic carbocycles. The number of esters is 1. The van der Waals surface area contributed by atoms with Crippen molar-refractivity contribution in [3.05, 3.63) is 46.0 Å². The van der Waals surface area contributed by atoms with Gasteiger partial charge in [0.2, 0.25) is 5.78 Å². The predicted molar refractivity (Wildman–Crippen MR) is 136 cm³/mol. The first-order chi connectivity index (χ1) is 17.0. The Morgan fingerprint density at radius 2 is 1.81 bits per heavy atom. The molecule has 3 saturated carbocycles. The molecule has 36 heavy (non-hydrogen) atoms. The topological polar surface area (TPSA) is 97.7 Å². The van der Waals surface area contributed by atoms with Gasteiger partial charge in [0.05, 0.1) is 6.42 Å². The third-order valence-corrected chi connectivity index (χ3v) is 10.4. The average molecular weight is 557 g/mol. The summed E-state index contributed by atoms with van der Waals surface area (Å²) in [5.41, 5.74) is -0.865. The lowest BCUT2D eigenvalue weighted by Crippen LogP contribution is -2.62. The van der Waals surface area contributed by atoms with Crippen molar-refractivity contribution < 1.29 is 29.0 Å². The Morgan fingerprint density at radius 1 is 1.08 bits per heavy atom. The number of allylic oxidation sites excluding steroid dienone is 1. The summed E-state index contributed by atoms with van der Waals surface area (Å²) in [5, 5.41) is 9.95. The number of hydrogen-bond acceptors (Lipinski definition) is 6. The largest absolute Gasteiger partial charge is 0.450 e. The van der Waals surface area contributed by atoms with Gasteiger partial charge in [-0.2, -0.15) is 0 Å². The standard InChI is InChI=1S/C29H33BrO6/c1-27-11-9-20(32)14-18(27)5-8-21-22-10-12-29(24(34)16-31,28(22,2)15-23(33)26(21)27)36-25(35)13-17-3-6-19(30)7-4-17/h3-4,6-7,14,21-22,26,31H,5,8-13,15-16H2,1-2H3/t21-,22-,26+,27-,28-,29-/m0/s1. The monoisotopic (exact) mass is 556 g/mol. The normalized spacial score (nSPS) is 37.4. The highest BCUT2D eigenvalue weighted by atomic mass is 79.9. The van der Waals surface area contributed by atoms with Gasteiger partial charge in [-0.25, -0.2) is 0 Å². The van der Waals surface area contributed by atoms with E-state index in [9.17, 15) is 24.3 Å². The molecule has 0 bridgehead atoms. The summed E-state index contributed by atoms with van der Waals surface area (Å²) < 4.78 is 6.96. The zero-order valence-electron chi connectivity index (χ0n) is 20.8. The highest BCUT2D eigenvalue weighted by Gasteiger charge is 2.70. The van der Waals surface area contributed by atoms with Crippen LogP contribution in [0.1, 0.15) is 64.4 Å². The van der Waals surface area contributed by atoms with Crippen molar-refractivity contribution in [2.75, 3.05) is 6.61 Å².